The second-order valence-corrected chi connectivity index (χ2v) is 6.90. The summed E-state index contributed by atoms with van der Waals surface area (Å²) in [4.78, 5) is 33.4. The zero-order chi connectivity index (χ0) is 18.7. The number of pyridine rings is 2. The zero-order valence-corrected chi connectivity index (χ0v) is 14.8. The van der Waals surface area contributed by atoms with Crippen LogP contribution in [0.15, 0.2) is 60.9 Å². The van der Waals surface area contributed by atoms with Crippen molar-refractivity contribution in [3.8, 4) is 0 Å². The monoisotopic (exact) mass is 360 g/mol. The first-order valence-electron chi connectivity index (χ1n) is 9.02. The summed E-state index contributed by atoms with van der Waals surface area (Å²) in [7, 11) is 0. The molecule has 1 aliphatic carbocycles. The van der Waals surface area contributed by atoms with Gasteiger partial charge in [-0.25, -0.2) is 0 Å². The predicted molar refractivity (Wildman–Crippen MR) is 102 cm³/mol. The maximum Gasteiger partial charge on any atom is 0.270 e. The fraction of sp³-hybridized carbons (Fsp3) is 0.238. The van der Waals surface area contributed by atoms with Gasteiger partial charge < -0.3 is 10.6 Å². The SMILES string of the molecule is O=C(NCC1(NC(=O)c2ccccn2)CCC1)c1ccc2cccnc2c1. The molecule has 1 fully saturated rings. The molecule has 0 spiro atoms. The molecule has 0 radical (unpaired) electrons. The molecular formula is C21H20N4O2. The van der Waals surface area contributed by atoms with E-state index in [1.54, 1.807) is 42.7 Å². The lowest BCUT2D eigenvalue weighted by Gasteiger charge is -2.42. The number of aromatic nitrogens is 2. The molecule has 1 aromatic carbocycles. The number of nitrogens with one attached hydrogen (secondary N) is 2. The molecule has 3 aromatic rings. The molecule has 2 heterocycles. The third-order valence-electron chi connectivity index (χ3n) is 5.04. The zero-order valence-electron chi connectivity index (χ0n) is 14.8. The van der Waals surface area contributed by atoms with Gasteiger partial charge in [0.15, 0.2) is 0 Å². The molecule has 2 aromatic heterocycles. The molecule has 2 N–H and O–H groups in total. The summed E-state index contributed by atoms with van der Waals surface area (Å²) in [5.41, 5.74) is 1.33. The van der Waals surface area contributed by atoms with Gasteiger partial charge in [-0.05, 0) is 49.6 Å². The van der Waals surface area contributed by atoms with Crippen LogP contribution in [0.1, 0.15) is 40.1 Å². The lowest BCUT2D eigenvalue weighted by atomic mass is 9.76. The van der Waals surface area contributed by atoms with Crippen molar-refractivity contribution in [1.29, 1.82) is 0 Å². The van der Waals surface area contributed by atoms with Crippen LogP contribution in [0.5, 0.6) is 0 Å². The summed E-state index contributed by atoms with van der Waals surface area (Å²) in [5, 5.41) is 7.01. The molecule has 0 unspecified atom stereocenters. The molecule has 0 aliphatic heterocycles. The van der Waals surface area contributed by atoms with E-state index in [2.05, 4.69) is 20.6 Å². The highest BCUT2D eigenvalue weighted by Gasteiger charge is 2.39. The Balaban J connectivity index is 1.42. The van der Waals surface area contributed by atoms with E-state index in [-0.39, 0.29) is 11.8 Å². The Morgan fingerprint density at radius 1 is 0.963 bits per heavy atom. The molecule has 0 saturated heterocycles. The van der Waals surface area contributed by atoms with E-state index < -0.39 is 5.54 Å². The number of hydrogen-bond donors (Lipinski definition) is 2. The number of carbonyl (C=O) groups excluding carboxylic acids is 2. The number of benzene rings is 1. The van der Waals surface area contributed by atoms with Crippen molar-refractivity contribution in [1.82, 2.24) is 20.6 Å². The molecule has 6 heteroatoms. The minimum absolute atomic E-state index is 0.166. The van der Waals surface area contributed by atoms with Crippen molar-refractivity contribution < 1.29 is 9.59 Å². The topological polar surface area (TPSA) is 84.0 Å². The molecule has 6 nitrogen and oxygen atoms in total. The Morgan fingerprint density at radius 3 is 2.56 bits per heavy atom. The number of amides is 2. The van der Waals surface area contributed by atoms with E-state index in [0.717, 1.165) is 30.2 Å². The van der Waals surface area contributed by atoms with Crippen LogP contribution < -0.4 is 10.6 Å². The molecule has 1 saturated carbocycles. The number of fused-ring (bicyclic) bond motifs is 1. The van der Waals surface area contributed by atoms with Gasteiger partial charge in [0, 0.05) is 29.9 Å². The quantitative estimate of drug-likeness (QED) is 0.733. The van der Waals surface area contributed by atoms with Gasteiger partial charge in [-0.1, -0.05) is 18.2 Å². The van der Waals surface area contributed by atoms with E-state index in [0.29, 0.717) is 17.8 Å². The Kier molecular flexibility index (Phi) is 4.54. The van der Waals surface area contributed by atoms with Crippen LogP contribution in [0.25, 0.3) is 10.9 Å². The highest BCUT2D eigenvalue weighted by Crippen LogP contribution is 2.31. The van der Waals surface area contributed by atoms with Crippen LogP contribution in [-0.2, 0) is 0 Å². The van der Waals surface area contributed by atoms with Crippen molar-refractivity contribution in [2.45, 2.75) is 24.8 Å². The highest BCUT2D eigenvalue weighted by atomic mass is 16.2. The van der Waals surface area contributed by atoms with Crippen molar-refractivity contribution in [2.75, 3.05) is 6.54 Å². The molecule has 27 heavy (non-hydrogen) atoms. The van der Waals surface area contributed by atoms with Gasteiger partial charge in [0.1, 0.15) is 5.69 Å². The lowest BCUT2D eigenvalue weighted by Crippen LogP contribution is -2.59. The summed E-state index contributed by atoms with van der Waals surface area (Å²) in [6, 6.07) is 14.5. The number of nitrogens with zero attached hydrogens (tertiary/aromatic N) is 2. The van der Waals surface area contributed by atoms with Gasteiger partial charge in [-0.3, -0.25) is 19.6 Å². The van der Waals surface area contributed by atoms with Gasteiger partial charge in [0.05, 0.1) is 11.1 Å². The van der Waals surface area contributed by atoms with E-state index >= 15 is 0 Å². The largest absolute Gasteiger partial charge is 0.350 e. The molecule has 4 rings (SSSR count). The van der Waals surface area contributed by atoms with Crippen molar-refractivity contribution >= 4 is 22.7 Å². The van der Waals surface area contributed by atoms with Crippen molar-refractivity contribution in [2.24, 2.45) is 0 Å². The molecule has 1 aliphatic rings. The summed E-state index contributed by atoms with van der Waals surface area (Å²) >= 11 is 0. The maximum absolute atomic E-state index is 12.6. The molecule has 2 amide bonds. The number of hydrogen-bond acceptors (Lipinski definition) is 4. The fourth-order valence-corrected chi connectivity index (χ4v) is 3.31. The Bertz CT molecular complexity index is 984. The first kappa shape index (κ1) is 17.1. The van der Waals surface area contributed by atoms with Crippen molar-refractivity contribution in [3.63, 3.8) is 0 Å². The van der Waals surface area contributed by atoms with Gasteiger partial charge in [0.25, 0.3) is 11.8 Å². The van der Waals surface area contributed by atoms with Gasteiger partial charge in [-0.2, -0.15) is 0 Å². The Morgan fingerprint density at radius 2 is 1.81 bits per heavy atom. The lowest BCUT2D eigenvalue weighted by molar-refractivity contribution is 0.0785. The van der Waals surface area contributed by atoms with Gasteiger partial charge in [-0.15, -0.1) is 0 Å². The van der Waals surface area contributed by atoms with E-state index in [4.69, 9.17) is 0 Å². The van der Waals surface area contributed by atoms with Crippen LogP contribution in [0.4, 0.5) is 0 Å². The number of carbonyl (C=O) groups is 2. The summed E-state index contributed by atoms with van der Waals surface area (Å²) in [6.45, 7) is 0.394. The van der Waals surface area contributed by atoms with Crippen LogP contribution in [0.2, 0.25) is 0 Å². The smallest absolute Gasteiger partial charge is 0.270 e. The minimum Gasteiger partial charge on any atom is -0.350 e. The Hall–Kier alpha value is -3.28. The first-order valence-corrected chi connectivity index (χ1v) is 9.02. The fourth-order valence-electron chi connectivity index (χ4n) is 3.31. The van der Waals surface area contributed by atoms with E-state index in [9.17, 15) is 9.59 Å². The number of rotatable bonds is 5. The van der Waals surface area contributed by atoms with Gasteiger partial charge in [0.2, 0.25) is 0 Å². The van der Waals surface area contributed by atoms with Crippen LogP contribution in [0, 0.1) is 0 Å². The van der Waals surface area contributed by atoms with Crippen LogP contribution >= 0.6 is 0 Å². The first-order chi connectivity index (χ1) is 13.2. The standard InChI is InChI=1S/C21H20N4O2/c26-19(16-8-7-15-5-3-12-23-18(15)13-16)24-14-21(9-4-10-21)25-20(27)17-6-1-2-11-22-17/h1-3,5-8,11-13H,4,9-10,14H2,(H,24,26)(H,25,27). The summed E-state index contributed by atoms with van der Waals surface area (Å²) in [5.74, 6) is -0.375. The minimum atomic E-state index is -0.403. The maximum atomic E-state index is 12.6. The van der Waals surface area contributed by atoms with E-state index in [1.807, 2.05) is 18.2 Å². The highest BCUT2D eigenvalue weighted by molar-refractivity contribution is 5.98. The van der Waals surface area contributed by atoms with Crippen molar-refractivity contribution in [3.05, 3.63) is 72.2 Å². The van der Waals surface area contributed by atoms with Crippen LogP contribution in [-0.4, -0.2) is 33.9 Å². The van der Waals surface area contributed by atoms with Gasteiger partial charge >= 0.3 is 0 Å². The predicted octanol–water partition coefficient (Wildman–Crippen LogP) is 2.71. The van der Waals surface area contributed by atoms with Crippen LogP contribution in [0.3, 0.4) is 0 Å². The third-order valence-corrected chi connectivity index (χ3v) is 5.04. The Labute approximate surface area is 157 Å². The average molecular weight is 360 g/mol. The average Bonchev–Trinajstić information content (AvgIpc) is 2.69. The second-order valence-electron chi connectivity index (χ2n) is 6.90. The second kappa shape index (κ2) is 7.15. The third kappa shape index (κ3) is 3.65. The van der Waals surface area contributed by atoms with E-state index in [1.165, 1.54) is 0 Å². The summed E-state index contributed by atoms with van der Waals surface area (Å²) in [6.07, 6.45) is 6.01. The molecule has 136 valence electrons. The normalized spacial score (nSPS) is 15.0. The molecule has 0 bridgehead atoms. The molecule has 0 atom stereocenters. The molecular weight excluding hydrogens is 340 g/mol. The summed E-state index contributed by atoms with van der Waals surface area (Å²) < 4.78 is 0.